The molecule has 0 saturated heterocycles. The number of hydrogen-bond acceptors (Lipinski definition) is 3. The van der Waals surface area contributed by atoms with Crippen LogP contribution in [0.15, 0.2) is 11.1 Å². The summed E-state index contributed by atoms with van der Waals surface area (Å²) >= 11 is 2.04. The third-order valence-electron chi connectivity index (χ3n) is 3.73. The minimum Gasteiger partial charge on any atom is -0.368 e. The van der Waals surface area contributed by atoms with Crippen LogP contribution in [0.25, 0.3) is 0 Å². The van der Waals surface area contributed by atoms with Gasteiger partial charge in [-0.15, -0.1) is 11.8 Å². The zero-order valence-corrected chi connectivity index (χ0v) is 10.4. The van der Waals surface area contributed by atoms with Gasteiger partial charge in [0.05, 0.1) is 5.37 Å². The lowest BCUT2D eigenvalue weighted by molar-refractivity contribution is 0.458. The van der Waals surface area contributed by atoms with E-state index in [1.807, 2.05) is 11.8 Å². The van der Waals surface area contributed by atoms with Crippen molar-refractivity contribution in [3.8, 4) is 0 Å². The van der Waals surface area contributed by atoms with Crippen molar-refractivity contribution in [2.24, 2.45) is 11.8 Å². The smallest absolute Gasteiger partial charge is 0.0757 e. The molecular formula is C12H20N2S. The summed E-state index contributed by atoms with van der Waals surface area (Å²) < 4.78 is 0. The summed E-state index contributed by atoms with van der Waals surface area (Å²) in [5, 5.41) is 4.35. The summed E-state index contributed by atoms with van der Waals surface area (Å²) in [6, 6.07) is 0.794. The van der Waals surface area contributed by atoms with Gasteiger partial charge in [0.15, 0.2) is 0 Å². The van der Waals surface area contributed by atoms with E-state index in [1.165, 1.54) is 25.8 Å². The van der Waals surface area contributed by atoms with E-state index in [0.29, 0.717) is 5.37 Å². The summed E-state index contributed by atoms with van der Waals surface area (Å²) in [7, 11) is 2.18. The molecule has 3 rings (SSSR count). The van der Waals surface area contributed by atoms with Gasteiger partial charge in [0.2, 0.25) is 0 Å². The second-order valence-corrected chi connectivity index (χ2v) is 6.60. The zero-order valence-electron chi connectivity index (χ0n) is 9.57. The van der Waals surface area contributed by atoms with E-state index in [-0.39, 0.29) is 0 Å². The Hall–Kier alpha value is -0.150. The van der Waals surface area contributed by atoms with Gasteiger partial charge in [0, 0.05) is 30.1 Å². The van der Waals surface area contributed by atoms with E-state index in [0.717, 1.165) is 17.9 Å². The molecule has 3 aliphatic rings. The maximum absolute atomic E-state index is 3.70. The lowest BCUT2D eigenvalue weighted by Gasteiger charge is -2.13. The fourth-order valence-corrected chi connectivity index (χ4v) is 3.46. The van der Waals surface area contributed by atoms with E-state index < -0.39 is 0 Å². The Morgan fingerprint density at radius 3 is 2.93 bits per heavy atom. The Labute approximate surface area is 96.5 Å². The molecule has 0 aromatic heterocycles. The first kappa shape index (κ1) is 10.0. The molecule has 0 aromatic carbocycles. The van der Waals surface area contributed by atoms with Crippen LogP contribution in [0, 0.1) is 11.8 Å². The van der Waals surface area contributed by atoms with Crippen LogP contribution in [0.4, 0.5) is 0 Å². The number of hydrogen-bond donors (Lipinski definition) is 1. The molecule has 84 valence electrons. The Morgan fingerprint density at radius 1 is 1.53 bits per heavy atom. The first-order valence-corrected chi connectivity index (χ1v) is 6.95. The summed E-state index contributed by atoms with van der Waals surface area (Å²) in [5.41, 5.74) is 0. The van der Waals surface area contributed by atoms with E-state index in [2.05, 4.69) is 30.4 Å². The van der Waals surface area contributed by atoms with Gasteiger partial charge in [0.1, 0.15) is 0 Å². The van der Waals surface area contributed by atoms with Crippen molar-refractivity contribution in [3.63, 3.8) is 0 Å². The van der Waals surface area contributed by atoms with Crippen LogP contribution in [0.1, 0.15) is 26.2 Å². The molecule has 3 unspecified atom stereocenters. The molecule has 0 bridgehead atoms. The molecule has 3 atom stereocenters. The standard InChI is InChI=1S/C12H20N2S/c1-8-14(2)7-12(15-8)10-5-11(10)13-6-9-3-4-9/h7-11,13H,3-6H2,1-2H3. The topological polar surface area (TPSA) is 15.3 Å². The van der Waals surface area contributed by atoms with Crippen molar-refractivity contribution >= 4 is 11.8 Å². The maximum Gasteiger partial charge on any atom is 0.0757 e. The van der Waals surface area contributed by atoms with Crippen LogP contribution in [-0.4, -0.2) is 29.9 Å². The molecule has 2 nitrogen and oxygen atoms in total. The highest BCUT2D eigenvalue weighted by atomic mass is 32.2. The van der Waals surface area contributed by atoms with Crippen LogP contribution >= 0.6 is 11.8 Å². The number of nitrogens with zero attached hydrogens (tertiary/aromatic N) is 1. The van der Waals surface area contributed by atoms with E-state index in [9.17, 15) is 0 Å². The number of nitrogens with one attached hydrogen (secondary N) is 1. The Kier molecular flexibility index (Phi) is 2.48. The fourth-order valence-electron chi connectivity index (χ4n) is 2.17. The molecule has 15 heavy (non-hydrogen) atoms. The third-order valence-corrected chi connectivity index (χ3v) is 5.09. The van der Waals surface area contributed by atoms with Crippen molar-refractivity contribution in [1.29, 1.82) is 0 Å². The summed E-state index contributed by atoms with van der Waals surface area (Å²) in [5.74, 6) is 1.85. The molecule has 0 aromatic rings. The predicted molar refractivity (Wildman–Crippen MR) is 65.5 cm³/mol. The Balaban J connectivity index is 1.47. The molecule has 2 saturated carbocycles. The summed E-state index contributed by atoms with van der Waals surface area (Å²) in [4.78, 5) is 3.94. The minimum atomic E-state index is 0.643. The molecule has 0 amide bonds. The van der Waals surface area contributed by atoms with Crippen LogP contribution in [0.3, 0.4) is 0 Å². The van der Waals surface area contributed by atoms with Gasteiger partial charge >= 0.3 is 0 Å². The molecule has 1 heterocycles. The SMILES string of the molecule is CC1SC(C2CC2NCC2CC2)=CN1C. The third kappa shape index (κ3) is 2.18. The van der Waals surface area contributed by atoms with Crippen LogP contribution in [0.5, 0.6) is 0 Å². The second-order valence-electron chi connectivity index (χ2n) is 5.21. The number of rotatable bonds is 4. The van der Waals surface area contributed by atoms with Crippen molar-refractivity contribution in [3.05, 3.63) is 11.1 Å². The normalized spacial score (nSPS) is 39.5. The molecular weight excluding hydrogens is 204 g/mol. The van der Waals surface area contributed by atoms with Gasteiger partial charge in [-0.25, -0.2) is 0 Å². The van der Waals surface area contributed by atoms with E-state index >= 15 is 0 Å². The lowest BCUT2D eigenvalue weighted by atomic mass is 10.3. The van der Waals surface area contributed by atoms with E-state index in [1.54, 1.807) is 4.91 Å². The van der Waals surface area contributed by atoms with Gasteiger partial charge in [-0.1, -0.05) is 0 Å². The van der Waals surface area contributed by atoms with Crippen molar-refractivity contribution in [2.75, 3.05) is 13.6 Å². The molecule has 2 fully saturated rings. The Bertz CT molecular complexity index is 285. The molecule has 1 aliphatic heterocycles. The molecule has 0 radical (unpaired) electrons. The zero-order chi connectivity index (χ0) is 10.4. The van der Waals surface area contributed by atoms with Crippen LogP contribution in [0.2, 0.25) is 0 Å². The average molecular weight is 224 g/mol. The van der Waals surface area contributed by atoms with E-state index in [4.69, 9.17) is 0 Å². The van der Waals surface area contributed by atoms with Gasteiger partial charge < -0.3 is 10.2 Å². The highest BCUT2D eigenvalue weighted by Crippen LogP contribution is 2.47. The maximum atomic E-state index is 3.70. The van der Waals surface area contributed by atoms with Crippen molar-refractivity contribution in [1.82, 2.24) is 10.2 Å². The monoisotopic (exact) mass is 224 g/mol. The molecule has 0 spiro atoms. The lowest BCUT2D eigenvalue weighted by Crippen LogP contribution is -2.20. The van der Waals surface area contributed by atoms with Gasteiger partial charge in [-0.3, -0.25) is 0 Å². The van der Waals surface area contributed by atoms with Crippen LogP contribution < -0.4 is 5.32 Å². The van der Waals surface area contributed by atoms with Crippen molar-refractivity contribution in [2.45, 2.75) is 37.6 Å². The van der Waals surface area contributed by atoms with Gasteiger partial charge in [-0.05, 0) is 38.6 Å². The summed E-state index contributed by atoms with van der Waals surface area (Å²) in [6.07, 6.45) is 6.63. The first-order chi connectivity index (χ1) is 7.24. The quantitative estimate of drug-likeness (QED) is 0.788. The summed E-state index contributed by atoms with van der Waals surface area (Å²) in [6.45, 7) is 3.55. The van der Waals surface area contributed by atoms with Gasteiger partial charge in [0.25, 0.3) is 0 Å². The molecule has 2 aliphatic carbocycles. The van der Waals surface area contributed by atoms with Crippen molar-refractivity contribution < 1.29 is 0 Å². The van der Waals surface area contributed by atoms with Gasteiger partial charge in [-0.2, -0.15) is 0 Å². The minimum absolute atomic E-state index is 0.643. The fraction of sp³-hybridized carbons (Fsp3) is 0.833. The Morgan fingerprint density at radius 2 is 2.33 bits per heavy atom. The van der Waals surface area contributed by atoms with Crippen LogP contribution in [-0.2, 0) is 0 Å². The first-order valence-electron chi connectivity index (χ1n) is 6.07. The number of thioether (sulfide) groups is 1. The highest BCUT2D eigenvalue weighted by molar-refractivity contribution is 8.03. The molecule has 3 heteroatoms. The largest absolute Gasteiger partial charge is 0.368 e. The highest BCUT2D eigenvalue weighted by Gasteiger charge is 2.42. The second kappa shape index (κ2) is 3.70. The molecule has 1 N–H and O–H groups in total. The average Bonchev–Trinajstić information content (AvgIpc) is 3.10. The predicted octanol–water partition coefficient (Wildman–Crippen LogP) is 2.24.